The fraction of sp³-hybridized carbons (Fsp3) is 0.706. The molecule has 1 aromatic heterocycles. The Morgan fingerprint density at radius 1 is 1.48 bits per heavy atom. The van der Waals surface area contributed by atoms with Gasteiger partial charge in [-0.3, -0.25) is 4.79 Å². The van der Waals surface area contributed by atoms with Crippen molar-refractivity contribution in [2.75, 3.05) is 26.3 Å². The highest BCUT2D eigenvalue weighted by Gasteiger charge is 2.45. The average Bonchev–Trinajstić information content (AvgIpc) is 3.35. The number of amides is 1. The number of carbonyl (C=O) groups excluding carboxylic acids is 1. The van der Waals surface area contributed by atoms with Crippen LogP contribution in [-0.4, -0.2) is 58.8 Å². The van der Waals surface area contributed by atoms with Gasteiger partial charge in [-0.15, -0.1) is 0 Å². The minimum Gasteiger partial charge on any atom is -0.375 e. The third-order valence-corrected chi connectivity index (χ3v) is 5.07. The fourth-order valence-electron chi connectivity index (χ4n) is 3.60. The second kappa shape index (κ2) is 6.17. The van der Waals surface area contributed by atoms with Gasteiger partial charge in [-0.25, -0.2) is 9.97 Å². The van der Waals surface area contributed by atoms with Crippen LogP contribution in [0.25, 0.3) is 0 Å². The van der Waals surface area contributed by atoms with E-state index in [-0.39, 0.29) is 17.6 Å². The third-order valence-electron chi connectivity index (χ3n) is 5.07. The molecule has 6 heteroatoms. The molecule has 124 valence electrons. The zero-order valence-electron chi connectivity index (χ0n) is 13.3. The van der Waals surface area contributed by atoms with E-state index in [1.165, 1.54) is 19.2 Å². The summed E-state index contributed by atoms with van der Waals surface area (Å²) in [5, 5.41) is 0. The highest BCUT2D eigenvalue weighted by molar-refractivity contribution is 5.92. The first-order valence-electron chi connectivity index (χ1n) is 8.55. The molecule has 2 aliphatic heterocycles. The SMILES string of the molecule is O=C(c1ccncn1)N1CCC[C@]2(C[C@@H](OCC3CC3)CO2)C1. The summed E-state index contributed by atoms with van der Waals surface area (Å²) < 4.78 is 12.1. The van der Waals surface area contributed by atoms with Gasteiger partial charge in [-0.1, -0.05) is 0 Å². The minimum atomic E-state index is -0.227. The second-order valence-corrected chi connectivity index (χ2v) is 7.02. The third kappa shape index (κ3) is 3.38. The number of ether oxygens (including phenoxy) is 2. The summed E-state index contributed by atoms with van der Waals surface area (Å²) in [6, 6.07) is 1.67. The van der Waals surface area contributed by atoms with Gasteiger partial charge in [0, 0.05) is 25.8 Å². The molecule has 0 aromatic carbocycles. The lowest BCUT2D eigenvalue weighted by atomic mass is 9.89. The Morgan fingerprint density at radius 2 is 2.39 bits per heavy atom. The maximum absolute atomic E-state index is 12.6. The minimum absolute atomic E-state index is 0.0302. The zero-order valence-corrected chi connectivity index (χ0v) is 13.3. The average molecular weight is 317 g/mol. The first-order valence-corrected chi connectivity index (χ1v) is 8.55. The van der Waals surface area contributed by atoms with Crippen molar-refractivity contribution in [3.63, 3.8) is 0 Å². The predicted molar refractivity (Wildman–Crippen MR) is 82.9 cm³/mol. The Labute approximate surface area is 136 Å². The molecule has 0 bridgehead atoms. The van der Waals surface area contributed by atoms with Crippen LogP contribution >= 0.6 is 0 Å². The van der Waals surface area contributed by atoms with Crippen LogP contribution in [0.5, 0.6) is 0 Å². The summed E-state index contributed by atoms with van der Waals surface area (Å²) in [4.78, 5) is 22.4. The molecule has 1 spiro atoms. The molecule has 1 aliphatic carbocycles. The van der Waals surface area contributed by atoms with Gasteiger partial charge in [0.25, 0.3) is 5.91 Å². The van der Waals surface area contributed by atoms with Crippen LogP contribution in [0.2, 0.25) is 0 Å². The number of nitrogens with zero attached hydrogens (tertiary/aromatic N) is 3. The van der Waals surface area contributed by atoms with Gasteiger partial charge in [0.15, 0.2) is 0 Å². The summed E-state index contributed by atoms with van der Waals surface area (Å²) in [7, 11) is 0. The topological polar surface area (TPSA) is 64.6 Å². The highest BCUT2D eigenvalue weighted by atomic mass is 16.6. The number of hydrogen-bond donors (Lipinski definition) is 0. The van der Waals surface area contributed by atoms with Crippen molar-refractivity contribution in [1.82, 2.24) is 14.9 Å². The number of likely N-dealkylation sites (tertiary alicyclic amines) is 1. The molecule has 3 fully saturated rings. The number of hydrogen-bond acceptors (Lipinski definition) is 5. The number of piperidine rings is 1. The Balaban J connectivity index is 1.37. The fourth-order valence-corrected chi connectivity index (χ4v) is 3.60. The van der Waals surface area contributed by atoms with Crippen LogP contribution in [0.1, 0.15) is 42.6 Å². The first kappa shape index (κ1) is 15.0. The molecule has 23 heavy (non-hydrogen) atoms. The van der Waals surface area contributed by atoms with E-state index in [9.17, 15) is 4.79 Å². The standard InChI is InChI=1S/C17H23N3O3/c21-16(15-4-6-18-12-19-15)20-7-1-5-17(11-20)8-14(10-23-17)22-9-13-2-3-13/h4,6,12-14H,1-3,5,7-11H2/t14-,17+/m1/s1. The molecule has 0 radical (unpaired) electrons. The molecular formula is C17H23N3O3. The molecule has 1 amide bonds. The van der Waals surface area contributed by atoms with Gasteiger partial charge in [0.1, 0.15) is 12.0 Å². The maximum atomic E-state index is 12.6. The summed E-state index contributed by atoms with van der Waals surface area (Å²) in [6.07, 6.45) is 8.68. The Kier molecular flexibility index (Phi) is 4.03. The summed E-state index contributed by atoms with van der Waals surface area (Å²) in [5.41, 5.74) is 0.228. The summed E-state index contributed by atoms with van der Waals surface area (Å²) >= 11 is 0. The van der Waals surface area contributed by atoms with E-state index < -0.39 is 0 Å². The van der Waals surface area contributed by atoms with Gasteiger partial charge in [0.05, 0.1) is 24.9 Å². The van der Waals surface area contributed by atoms with E-state index in [1.807, 2.05) is 4.90 Å². The smallest absolute Gasteiger partial charge is 0.272 e. The Bertz CT molecular complexity index is 563. The van der Waals surface area contributed by atoms with Gasteiger partial charge in [-0.05, 0) is 37.7 Å². The van der Waals surface area contributed by atoms with Crippen LogP contribution in [0.3, 0.4) is 0 Å². The normalized spacial score (nSPS) is 30.8. The van der Waals surface area contributed by atoms with Crippen molar-refractivity contribution >= 4 is 5.91 Å². The molecule has 2 saturated heterocycles. The molecule has 1 aromatic rings. The van der Waals surface area contributed by atoms with E-state index in [1.54, 1.807) is 12.3 Å². The Hall–Kier alpha value is -1.53. The van der Waals surface area contributed by atoms with Crippen molar-refractivity contribution < 1.29 is 14.3 Å². The maximum Gasteiger partial charge on any atom is 0.272 e. The van der Waals surface area contributed by atoms with Gasteiger partial charge in [0.2, 0.25) is 0 Å². The lowest BCUT2D eigenvalue weighted by molar-refractivity contribution is -0.0466. The number of carbonyl (C=O) groups is 1. The van der Waals surface area contributed by atoms with Crippen LogP contribution < -0.4 is 0 Å². The van der Waals surface area contributed by atoms with Gasteiger partial charge < -0.3 is 14.4 Å². The largest absolute Gasteiger partial charge is 0.375 e. The highest BCUT2D eigenvalue weighted by Crippen LogP contribution is 2.37. The van der Waals surface area contributed by atoms with E-state index >= 15 is 0 Å². The first-order chi connectivity index (χ1) is 11.2. The van der Waals surface area contributed by atoms with Crippen molar-refractivity contribution in [3.8, 4) is 0 Å². The van der Waals surface area contributed by atoms with Crippen LogP contribution in [0, 0.1) is 5.92 Å². The van der Waals surface area contributed by atoms with Crippen molar-refractivity contribution in [1.29, 1.82) is 0 Å². The molecule has 1 saturated carbocycles. The number of rotatable bonds is 4. The van der Waals surface area contributed by atoms with E-state index in [0.717, 1.165) is 38.3 Å². The van der Waals surface area contributed by atoms with Crippen molar-refractivity contribution in [3.05, 3.63) is 24.3 Å². The lowest BCUT2D eigenvalue weighted by Gasteiger charge is -2.39. The molecule has 3 heterocycles. The molecule has 0 N–H and O–H groups in total. The zero-order chi connectivity index (χ0) is 15.7. The predicted octanol–water partition coefficient (Wildman–Crippen LogP) is 1.67. The van der Waals surface area contributed by atoms with Crippen LogP contribution in [0.15, 0.2) is 18.6 Å². The quantitative estimate of drug-likeness (QED) is 0.845. The second-order valence-electron chi connectivity index (χ2n) is 7.02. The molecule has 6 nitrogen and oxygen atoms in total. The van der Waals surface area contributed by atoms with Crippen molar-refractivity contribution in [2.45, 2.75) is 43.8 Å². The van der Waals surface area contributed by atoms with Gasteiger partial charge >= 0.3 is 0 Å². The molecule has 3 aliphatic rings. The Morgan fingerprint density at radius 3 is 3.17 bits per heavy atom. The van der Waals surface area contributed by atoms with Crippen molar-refractivity contribution in [2.24, 2.45) is 5.92 Å². The summed E-state index contributed by atoms with van der Waals surface area (Å²) in [6.45, 7) is 2.93. The van der Waals surface area contributed by atoms with E-state index in [4.69, 9.17) is 9.47 Å². The van der Waals surface area contributed by atoms with E-state index in [0.29, 0.717) is 18.8 Å². The van der Waals surface area contributed by atoms with E-state index in [2.05, 4.69) is 9.97 Å². The molecule has 0 unspecified atom stereocenters. The molecular weight excluding hydrogens is 294 g/mol. The molecule has 4 rings (SSSR count). The van der Waals surface area contributed by atoms with Crippen LogP contribution in [0.4, 0.5) is 0 Å². The van der Waals surface area contributed by atoms with Crippen LogP contribution in [-0.2, 0) is 9.47 Å². The monoisotopic (exact) mass is 317 g/mol. The van der Waals surface area contributed by atoms with Gasteiger partial charge in [-0.2, -0.15) is 0 Å². The lowest BCUT2D eigenvalue weighted by Crippen LogP contribution is -2.50. The summed E-state index contributed by atoms with van der Waals surface area (Å²) in [5.74, 6) is 0.742. The molecule has 2 atom stereocenters. The number of aromatic nitrogens is 2.